The third-order valence-corrected chi connectivity index (χ3v) is 3.91. The zero-order chi connectivity index (χ0) is 12.1. The van der Waals surface area contributed by atoms with E-state index in [1.807, 2.05) is 13.8 Å². The van der Waals surface area contributed by atoms with Crippen LogP contribution < -0.4 is 0 Å². The SMILES string of the molecule is CCOC(=O)OC1CSC(C(C)C)C1=NO. The lowest BCUT2D eigenvalue weighted by molar-refractivity contribution is 0.0505. The second-order valence-electron chi connectivity index (χ2n) is 3.81. The number of ether oxygens (including phenoxy) is 2. The van der Waals surface area contributed by atoms with Crippen molar-refractivity contribution >= 4 is 23.6 Å². The largest absolute Gasteiger partial charge is 0.508 e. The van der Waals surface area contributed by atoms with E-state index in [0.29, 0.717) is 17.4 Å². The van der Waals surface area contributed by atoms with E-state index < -0.39 is 12.3 Å². The minimum atomic E-state index is -0.710. The molecule has 1 aliphatic rings. The number of nitrogens with zero attached hydrogens (tertiary/aromatic N) is 1. The molecular weight excluding hydrogens is 230 g/mol. The predicted molar refractivity (Wildman–Crippen MR) is 62.2 cm³/mol. The fourth-order valence-electron chi connectivity index (χ4n) is 1.56. The van der Waals surface area contributed by atoms with E-state index in [1.165, 1.54) is 0 Å². The summed E-state index contributed by atoms with van der Waals surface area (Å²) in [6.07, 6.45) is -1.18. The van der Waals surface area contributed by atoms with Gasteiger partial charge in [-0.1, -0.05) is 19.0 Å². The van der Waals surface area contributed by atoms with Crippen LogP contribution in [0.1, 0.15) is 20.8 Å². The third kappa shape index (κ3) is 3.04. The maximum atomic E-state index is 11.1. The van der Waals surface area contributed by atoms with Gasteiger partial charge in [0.1, 0.15) is 5.71 Å². The zero-order valence-corrected chi connectivity index (χ0v) is 10.5. The first-order valence-electron chi connectivity index (χ1n) is 5.27. The summed E-state index contributed by atoms with van der Waals surface area (Å²) in [5.41, 5.74) is 0.521. The number of hydrogen-bond acceptors (Lipinski definition) is 6. The molecule has 2 unspecified atom stereocenters. The van der Waals surface area contributed by atoms with Crippen molar-refractivity contribution in [3.05, 3.63) is 0 Å². The Morgan fingerprint density at radius 1 is 1.69 bits per heavy atom. The maximum absolute atomic E-state index is 11.1. The Bertz CT molecular complexity index is 280. The molecule has 0 aliphatic carbocycles. The van der Waals surface area contributed by atoms with E-state index in [2.05, 4.69) is 9.89 Å². The fraction of sp³-hybridized carbons (Fsp3) is 0.800. The molecule has 1 heterocycles. The average molecular weight is 247 g/mol. The average Bonchev–Trinajstić information content (AvgIpc) is 2.61. The number of rotatable bonds is 3. The number of oxime groups is 1. The summed E-state index contributed by atoms with van der Waals surface area (Å²) in [6, 6.07) is 0. The van der Waals surface area contributed by atoms with E-state index in [1.54, 1.807) is 18.7 Å². The lowest BCUT2D eigenvalue weighted by Gasteiger charge is -2.15. The molecule has 1 N–H and O–H groups in total. The highest BCUT2D eigenvalue weighted by molar-refractivity contribution is 8.01. The highest BCUT2D eigenvalue weighted by Crippen LogP contribution is 2.31. The number of thioether (sulfide) groups is 1. The van der Waals surface area contributed by atoms with Gasteiger partial charge in [0, 0.05) is 5.75 Å². The summed E-state index contributed by atoms with van der Waals surface area (Å²) >= 11 is 1.63. The molecule has 0 saturated carbocycles. The molecule has 16 heavy (non-hydrogen) atoms. The van der Waals surface area contributed by atoms with Crippen LogP contribution >= 0.6 is 11.8 Å². The zero-order valence-electron chi connectivity index (χ0n) is 9.67. The van der Waals surface area contributed by atoms with Gasteiger partial charge in [-0.2, -0.15) is 0 Å². The molecule has 1 rings (SSSR count). The lowest BCUT2D eigenvalue weighted by Crippen LogP contribution is -2.31. The van der Waals surface area contributed by atoms with E-state index in [9.17, 15) is 4.79 Å². The highest BCUT2D eigenvalue weighted by atomic mass is 32.2. The molecule has 0 aromatic rings. The molecule has 0 amide bonds. The number of hydrogen-bond donors (Lipinski definition) is 1. The van der Waals surface area contributed by atoms with Gasteiger partial charge >= 0.3 is 6.16 Å². The van der Waals surface area contributed by atoms with Crippen LogP contribution in [-0.2, 0) is 9.47 Å². The van der Waals surface area contributed by atoms with Gasteiger partial charge in [-0.3, -0.25) is 0 Å². The van der Waals surface area contributed by atoms with Crippen LogP contribution in [0.25, 0.3) is 0 Å². The van der Waals surface area contributed by atoms with Gasteiger partial charge in [0.15, 0.2) is 6.10 Å². The summed E-state index contributed by atoms with van der Waals surface area (Å²) in [5.74, 6) is 0.952. The Kier molecular flexibility index (Phi) is 4.92. The molecule has 0 aromatic heterocycles. The summed E-state index contributed by atoms with van der Waals surface area (Å²) in [7, 11) is 0. The van der Waals surface area contributed by atoms with Crippen molar-refractivity contribution < 1.29 is 19.5 Å². The van der Waals surface area contributed by atoms with Gasteiger partial charge in [0.05, 0.1) is 11.9 Å². The van der Waals surface area contributed by atoms with Gasteiger partial charge in [-0.25, -0.2) is 4.79 Å². The van der Waals surface area contributed by atoms with Crippen LogP contribution in [0.3, 0.4) is 0 Å². The summed E-state index contributed by atoms with van der Waals surface area (Å²) < 4.78 is 9.75. The number of carbonyl (C=O) groups excluding carboxylic acids is 1. The van der Waals surface area contributed by atoms with Gasteiger partial charge in [-0.05, 0) is 12.8 Å². The molecule has 0 spiro atoms. The van der Waals surface area contributed by atoms with E-state index in [4.69, 9.17) is 9.94 Å². The van der Waals surface area contributed by atoms with Crippen LogP contribution in [0.2, 0.25) is 0 Å². The molecule has 0 bridgehead atoms. The van der Waals surface area contributed by atoms with E-state index in [0.717, 1.165) is 0 Å². The molecule has 2 atom stereocenters. The number of carbonyl (C=O) groups is 1. The van der Waals surface area contributed by atoms with E-state index >= 15 is 0 Å². The Morgan fingerprint density at radius 3 is 2.88 bits per heavy atom. The maximum Gasteiger partial charge on any atom is 0.508 e. The monoisotopic (exact) mass is 247 g/mol. The van der Waals surface area contributed by atoms with Crippen molar-refractivity contribution in [2.24, 2.45) is 11.1 Å². The van der Waals surface area contributed by atoms with Crippen LogP contribution in [0.15, 0.2) is 5.16 Å². The summed E-state index contributed by atoms with van der Waals surface area (Å²) in [6.45, 7) is 6.06. The summed E-state index contributed by atoms with van der Waals surface area (Å²) in [4.78, 5) is 11.1. The second-order valence-corrected chi connectivity index (χ2v) is 4.99. The first-order valence-corrected chi connectivity index (χ1v) is 6.31. The molecule has 1 saturated heterocycles. The fourth-order valence-corrected chi connectivity index (χ4v) is 2.94. The molecule has 1 aliphatic heterocycles. The minimum absolute atomic E-state index is 0.101. The molecule has 0 radical (unpaired) electrons. The first-order chi connectivity index (χ1) is 7.60. The topological polar surface area (TPSA) is 68.1 Å². The standard InChI is InChI=1S/C10H17NO4S/c1-4-14-10(12)15-7-5-16-9(6(2)3)8(7)11-13/h6-7,9,13H,4-5H2,1-3H3. The van der Waals surface area contributed by atoms with Crippen molar-refractivity contribution in [2.45, 2.75) is 32.1 Å². The van der Waals surface area contributed by atoms with Crippen molar-refractivity contribution in [3.8, 4) is 0 Å². The summed E-state index contributed by atoms with van der Waals surface area (Å²) in [5, 5.41) is 12.3. The normalized spacial score (nSPS) is 27.4. The quantitative estimate of drug-likeness (QED) is 0.470. The molecule has 6 heteroatoms. The Morgan fingerprint density at radius 2 is 2.38 bits per heavy atom. The highest BCUT2D eigenvalue weighted by Gasteiger charge is 2.38. The Hall–Kier alpha value is -0.910. The van der Waals surface area contributed by atoms with Crippen LogP contribution in [0, 0.1) is 5.92 Å². The van der Waals surface area contributed by atoms with Gasteiger partial charge in [0.2, 0.25) is 0 Å². The molecular formula is C10H17NO4S. The van der Waals surface area contributed by atoms with Crippen LogP contribution in [-0.4, -0.2) is 40.8 Å². The lowest BCUT2D eigenvalue weighted by atomic mass is 10.0. The minimum Gasteiger partial charge on any atom is -0.435 e. The van der Waals surface area contributed by atoms with E-state index in [-0.39, 0.29) is 11.9 Å². The van der Waals surface area contributed by atoms with Gasteiger partial charge in [-0.15, -0.1) is 11.8 Å². The van der Waals surface area contributed by atoms with Crippen LogP contribution in [0.4, 0.5) is 4.79 Å². The predicted octanol–water partition coefficient (Wildman–Crippen LogP) is 2.13. The van der Waals surface area contributed by atoms with Crippen molar-refractivity contribution in [3.63, 3.8) is 0 Å². The second kappa shape index (κ2) is 5.98. The van der Waals surface area contributed by atoms with Crippen molar-refractivity contribution in [1.82, 2.24) is 0 Å². The third-order valence-electron chi connectivity index (χ3n) is 2.27. The molecule has 5 nitrogen and oxygen atoms in total. The Labute approximate surface area is 99.2 Å². The first kappa shape index (κ1) is 13.2. The molecule has 92 valence electrons. The smallest absolute Gasteiger partial charge is 0.435 e. The van der Waals surface area contributed by atoms with Crippen LogP contribution in [0.5, 0.6) is 0 Å². The van der Waals surface area contributed by atoms with Gasteiger partial charge in [0.25, 0.3) is 0 Å². The molecule has 1 fully saturated rings. The van der Waals surface area contributed by atoms with Crippen molar-refractivity contribution in [1.29, 1.82) is 0 Å². The molecule has 0 aromatic carbocycles. The Balaban J connectivity index is 2.60. The van der Waals surface area contributed by atoms with Gasteiger partial charge < -0.3 is 14.7 Å². The van der Waals surface area contributed by atoms with Crippen molar-refractivity contribution in [2.75, 3.05) is 12.4 Å².